The van der Waals surface area contributed by atoms with Crippen LogP contribution in [0.15, 0.2) is 35.5 Å². The van der Waals surface area contributed by atoms with Crippen molar-refractivity contribution in [3.8, 4) is 0 Å². The first-order valence-electron chi connectivity index (χ1n) is 9.41. The number of furan rings is 1. The molecule has 0 unspecified atom stereocenters. The van der Waals surface area contributed by atoms with Crippen molar-refractivity contribution in [3.63, 3.8) is 0 Å². The third kappa shape index (κ3) is 3.60. The number of nitrogens with zero attached hydrogens (tertiary/aromatic N) is 4. The fourth-order valence-corrected chi connectivity index (χ4v) is 3.74. The van der Waals surface area contributed by atoms with Crippen LogP contribution in [0.4, 0.5) is 11.8 Å². The predicted molar refractivity (Wildman–Crippen MR) is 105 cm³/mol. The third-order valence-electron chi connectivity index (χ3n) is 5.27. The van der Waals surface area contributed by atoms with Crippen molar-refractivity contribution < 1.29 is 9.21 Å². The van der Waals surface area contributed by atoms with Gasteiger partial charge in [-0.25, -0.2) is 4.98 Å². The van der Waals surface area contributed by atoms with Crippen molar-refractivity contribution in [2.75, 3.05) is 50.0 Å². The summed E-state index contributed by atoms with van der Waals surface area (Å²) in [6, 6.07) is 3.80. The number of carbonyl (C=O) groups is 1. The third-order valence-corrected chi connectivity index (χ3v) is 5.27. The van der Waals surface area contributed by atoms with E-state index in [9.17, 15) is 4.79 Å². The van der Waals surface area contributed by atoms with Crippen molar-refractivity contribution >= 4 is 17.5 Å². The lowest BCUT2D eigenvalue weighted by atomic mass is 9.84. The normalized spacial score (nSPS) is 20.4. The number of piperazine rings is 1. The van der Waals surface area contributed by atoms with Crippen molar-refractivity contribution in [1.29, 1.82) is 0 Å². The van der Waals surface area contributed by atoms with Gasteiger partial charge in [0.1, 0.15) is 11.6 Å². The topological polar surface area (TPSA) is 74.5 Å². The zero-order valence-corrected chi connectivity index (χ0v) is 15.6. The molecule has 27 heavy (non-hydrogen) atoms. The number of hydrogen-bond acceptors (Lipinski definition) is 7. The van der Waals surface area contributed by atoms with E-state index in [2.05, 4.69) is 28.7 Å². The quantitative estimate of drug-likeness (QED) is 0.813. The van der Waals surface area contributed by atoms with Gasteiger partial charge in [-0.3, -0.25) is 4.79 Å². The molecule has 7 heteroatoms. The van der Waals surface area contributed by atoms with Crippen molar-refractivity contribution in [1.82, 2.24) is 14.9 Å². The molecule has 0 bridgehead atoms. The maximum atomic E-state index is 12.9. The fourth-order valence-electron chi connectivity index (χ4n) is 3.74. The highest BCUT2D eigenvalue weighted by atomic mass is 16.3. The molecule has 0 aromatic carbocycles. The maximum absolute atomic E-state index is 12.9. The lowest BCUT2D eigenvalue weighted by Gasteiger charge is -2.33. The molecule has 7 nitrogen and oxygen atoms in total. The average molecular weight is 367 g/mol. The molecule has 1 saturated heterocycles. The molecule has 1 aliphatic heterocycles. The summed E-state index contributed by atoms with van der Waals surface area (Å²) in [7, 11) is 2.12. The molecule has 0 amide bonds. The SMILES string of the molecule is C=CCNc1nc(N2CCN(C)CC2)nc2c1C(=O)C[C@H](c1ccco1)C2. The Morgan fingerprint density at radius 2 is 2.11 bits per heavy atom. The lowest BCUT2D eigenvalue weighted by Crippen LogP contribution is -2.45. The van der Waals surface area contributed by atoms with Crippen LogP contribution >= 0.6 is 0 Å². The molecule has 2 aromatic rings. The van der Waals surface area contributed by atoms with Crippen LogP contribution in [-0.2, 0) is 6.42 Å². The number of hydrogen-bond donors (Lipinski definition) is 1. The summed E-state index contributed by atoms with van der Waals surface area (Å²) < 4.78 is 5.55. The Balaban J connectivity index is 1.70. The molecule has 1 N–H and O–H groups in total. The summed E-state index contributed by atoms with van der Waals surface area (Å²) >= 11 is 0. The molecular weight excluding hydrogens is 342 g/mol. The highest BCUT2D eigenvalue weighted by Crippen LogP contribution is 2.35. The van der Waals surface area contributed by atoms with E-state index in [4.69, 9.17) is 14.4 Å². The second-order valence-corrected chi connectivity index (χ2v) is 7.20. The van der Waals surface area contributed by atoms with Gasteiger partial charge in [-0.1, -0.05) is 6.08 Å². The number of nitrogens with one attached hydrogen (secondary N) is 1. The highest BCUT2D eigenvalue weighted by molar-refractivity contribution is 6.03. The van der Waals surface area contributed by atoms with Gasteiger partial charge in [-0.05, 0) is 19.2 Å². The minimum Gasteiger partial charge on any atom is -0.469 e. The molecule has 0 radical (unpaired) electrons. The van der Waals surface area contributed by atoms with E-state index in [1.54, 1.807) is 12.3 Å². The molecule has 3 heterocycles. The van der Waals surface area contributed by atoms with Gasteiger partial charge in [-0.2, -0.15) is 4.98 Å². The summed E-state index contributed by atoms with van der Waals surface area (Å²) in [5.41, 5.74) is 1.43. The standard InChI is InChI=1S/C20H25N5O2/c1-3-6-21-19-18-15(12-14(13-16(18)26)17-5-4-11-27-17)22-20(23-19)25-9-7-24(2)8-10-25/h3-5,11,14H,1,6-10,12-13H2,2H3,(H,21,22,23)/t14-/m1/s1. The van der Waals surface area contributed by atoms with Gasteiger partial charge in [0.15, 0.2) is 5.78 Å². The van der Waals surface area contributed by atoms with Crippen molar-refractivity contribution in [3.05, 3.63) is 48.1 Å². The Hall–Kier alpha value is -2.67. The van der Waals surface area contributed by atoms with Crippen molar-refractivity contribution in [2.45, 2.75) is 18.8 Å². The van der Waals surface area contributed by atoms with E-state index in [1.165, 1.54) is 0 Å². The van der Waals surface area contributed by atoms with Gasteiger partial charge < -0.3 is 19.5 Å². The monoisotopic (exact) mass is 367 g/mol. The van der Waals surface area contributed by atoms with Gasteiger partial charge in [0.05, 0.1) is 17.5 Å². The van der Waals surface area contributed by atoms with E-state index in [0.717, 1.165) is 37.6 Å². The van der Waals surface area contributed by atoms with Crippen LogP contribution in [0.5, 0.6) is 0 Å². The van der Waals surface area contributed by atoms with Crippen LogP contribution in [0, 0.1) is 0 Å². The van der Waals surface area contributed by atoms with Crippen LogP contribution < -0.4 is 10.2 Å². The minimum absolute atomic E-state index is 0.0301. The molecule has 4 rings (SSSR count). The summed E-state index contributed by atoms with van der Waals surface area (Å²) in [6.45, 7) is 8.02. The van der Waals surface area contributed by atoms with E-state index >= 15 is 0 Å². The number of rotatable bonds is 5. The van der Waals surface area contributed by atoms with Gasteiger partial charge >= 0.3 is 0 Å². The molecule has 1 atom stereocenters. The first kappa shape index (κ1) is 17.7. The highest BCUT2D eigenvalue weighted by Gasteiger charge is 2.33. The van der Waals surface area contributed by atoms with Crippen LogP contribution in [0.1, 0.15) is 34.2 Å². The van der Waals surface area contributed by atoms with Crippen LogP contribution in [0.25, 0.3) is 0 Å². The Bertz CT molecular complexity index is 825. The number of Topliss-reactive ketones (excluding diaryl/α,β-unsaturated/α-hetero) is 1. The Labute approximate surface area is 159 Å². The molecule has 1 aliphatic carbocycles. The molecule has 142 valence electrons. The first-order valence-corrected chi connectivity index (χ1v) is 9.41. The average Bonchev–Trinajstić information content (AvgIpc) is 3.21. The second-order valence-electron chi connectivity index (χ2n) is 7.20. The number of anilines is 2. The summed E-state index contributed by atoms with van der Waals surface area (Å²) in [5, 5.41) is 3.24. The number of ketones is 1. The Morgan fingerprint density at radius 1 is 1.30 bits per heavy atom. The summed E-state index contributed by atoms with van der Waals surface area (Å²) in [6.07, 6.45) is 4.52. The van der Waals surface area contributed by atoms with E-state index < -0.39 is 0 Å². The Morgan fingerprint density at radius 3 is 2.81 bits per heavy atom. The number of fused-ring (bicyclic) bond motifs is 1. The molecule has 0 saturated carbocycles. The summed E-state index contributed by atoms with van der Waals surface area (Å²) in [5.74, 6) is 2.25. The van der Waals surface area contributed by atoms with E-state index in [1.807, 2.05) is 12.1 Å². The Kier molecular flexibility index (Phi) is 4.94. The molecule has 2 aromatic heterocycles. The first-order chi connectivity index (χ1) is 13.2. The van der Waals surface area contributed by atoms with Crippen LogP contribution in [-0.4, -0.2) is 60.4 Å². The zero-order chi connectivity index (χ0) is 18.8. The molecule has 0 spiro atoms. The number of carbonyl (C=O) groups excluding carboxylic acids is 1. The minimum atomic E-state index is 0.0301. The van der Waals surface area contributed by atoms with Crippen LogP contribution in [0.2, 0.25) is 0 Å². The number of likely N-dealkylation sites (N-methyl/N-ethyl adjacent to an activating group) is 1. The van der Waals surface area contributed by atoms with Gasteiger partial charge in [-0.15, -0.1) is 6.58 Å². The van der Waals surface area contributed by atoms with Crippen LogP contribution in [0.3, 0.4) is 0 Å². The predicted octanol–water partition coefficient (Wildman–Crippen LogP) is 2.33. The van der Waals surface area contributed by atoms with Gasteiger partial charge in [0.2, 0.25) is 5.95 Å². The molecular formula is C20H25N5O2. The lowest BCUT2D eigenvalue weighted by molar-refractivity contribution is 0.0959. The summed E-state index contributed by atoms with van der Waals surface area (Å²) in [4.78, 5) is 26.9. The number of aromatic nitrogens is 2. The fraction of sp³-hybridized carbons (Fsp3) is 0.450. The van der Waals surface area contributed by atoms with E-state index in [-0.39, 0.29) is 11.7 Å². The smallest absolute Gasteiger partial charge is 0.227 e. The zero-order valence-electron chi connectivity index (χ0n) is 15.6. The second kappa shape index (κ2) is 7.52. The maximum Gasteiger partial charge on any atom is 0.227 e. The van der Waals surface area contributed by atoms with Crippen molar-refractivity contribution in [2.24, 2.45) is 0 Å². The largest absolute Gasteiger partial charge is 0.469 e. The molecule has 2 aliphatic rings. The molecule has 1 fully saturated rings. The van der Waals surface area contributed by atoms with E-state index in [0.29, 0.717) is 36.7 Å². The van der Waals surface area contributed by atoms with Gasteiger partial charge in [0.25, 0.3) is 0 Å². The van der Waals surface area contributed by atoms with Gasteiger partial charge in [0, 0.05) is 51.5 Å².